The molecule has 0 atom stereocenters. The van der Waals surface area contributed by atoms with Crippen LogP contribution in [0.4, 0.5) is 5.82 Å². The zero-order valence-electron chi connectivity index (χ0n) is 9.26. The molecular weight excluding hydrogens is 252 g/mol. The highest BCUT2D eigenvalue weighted by atomic mass is 79.9. The molecule has 1 saturated carbocycles. The van der Waals surface area contributed by atoms with Crippen LogP contribution in [0.3, 0.4) is 0 Å². The maximum Gasteiger partial charge on any atom is 0.140 e. The second-order valence-electron chi connectivity index (χ2n) is 4.61. The van der Waals surface area contributed by atoms with E-state index in [9.17, 15) is 0 Å². The Morgan fingerprint density at radius 3 is 2.93 bits per heavy atom. The van der Waals surface area contributed by atoms with E-state index in [-0.39, 0.29) is 0 Å². The lowest BCUT2D eigenvalue weighted by Crippen LogP contribution is -2.27. The molecule has 0 radical (unpaired) electrons. The van der Waals surface area contributed by atoms with Crippen molar-refractivity contribution in [3.8, 4) is 0 Å². The molecule has 1 aliphatic carbocycles. The smallest absolute Gasteiger partial charge is 0.140 e. The third-order valence-corrected chi connectivity index (χ3v) is 4.11. The molecule has 0 unspecified atom stereocenters. The predicted octanol–water partition coefficient (Wildman–Crippen LogP) is 3.61. The minimum absolute atomic E-state index is 0.842. The lowest BCUT2D eigenvalue weighted by Gasteiger charge is -2.32. The van der Waals surface area contributed by atoms with Crippen LogP contribution in [-0.2, 0) is 0 Å². The largest absolute Gasteiger partial charge is 0.369 e. The monoisotopic (exact) mass is 268 g/mol. The number of pyridine rings is 1. The summed E-state index contributed by atoms with van der Waals surface area (Å²) < 4.78 is 1.09. The van der Waals surface area contributed by atoms with E-state index in [1.54, 1.807) is 0 Å². The highest BCUT2D eigenvalue weighted by Gasteiger charge is 2.24. The van der Waals surface area contributed by atoms with Gasteiger partial charge in [0.25, 0.3) is 0 Å². The Morgan fingerprint density at radius 2 is 2.27 bits per heavy atom. The fraction of sp³-hybridized carbons (Fsp3) is 0.583. The van der Waals surface area contributed by atoms with Crippen molar-refractivity contribution in [2.45, 2.75) is 26.7 Å². The Kier molecular flexibility index (Phi) is 3.29. The van der Waals surface area contributed by atoms with Gasteiger partial charge in [0.05, 0.1) is 4.47 Å². The molecule has 1 N–H and O–H groups in total. The third kappa shape index (κ3) is 2.51. The van der Waals surface area contributed by atoms with E-state index < -0.39 is 0 Å². The van der Waals surface area contributed by atoms with Crippen LogP contribution in [0, 0.1) is 18.8 Å². The van der Waals surface area contributed by atoms with Crippen molar-refractivity contribution < 1.29 is 0 Å². The highest BCUT2D eigenvalue weighted by Crippen LogP contribution is 2.33. The molecule has 0 amide bonds. The molecule has 1 aromatic rings. The topological polar surface area (TPSA) is 24.9 Å². The number of anilines is 1. The van der Waals surface area contributed by atoms with Gasteiger partial charge in [-0.15, -0.1) is 0 Å². The van der Waals surface area contributed by atoms with Crippen molar-refractivity contribution in [2.24, 2.45) is 11.8 Å². The van der Waals surface area contributed by atoms with Gasteiger partial charge in [0.15, 0.2) is 0 Å². The van der Waals surface area contributed by atoms with Crippen molar-refractivity contribution in [3.63, 3.8) is 0 Å². The van der Waals surface area contributed by atoms with Gasteiger partial charge in [-0.05, 0) is 59.2 Å². The Morgan fingerprint density at radius 1 is 1.53 bits per heavy atom. The van der Waals surface area contributed by atoms with Gasteiger partial charge in [0.1, 0.15) is 5.82 Å². The summed E-state index contributed by atoms with van der Waals surface area (Å²) in [5, 5.41) is 3.42. The average Bonchev–Trinajstić information content (AvgIpc) is 2.17. The van der Waals surface area contributed by atoms with Crippen LogP contribution in [0.15, 0.2) is 16.7 Å². The summed E-state index contributed by atoms with van der Waals surface area (Å²) in [5.74, 6) is 2.74. The second kappa shape index (κ2) is 4.52. The zero-order valence-corrected chi connectivity index (χ0v) is 10.8. The summed E-state index contributed by atoms with van der Waals surface area (Å²) in [6.07, 6.45) is 4.57. The molecule has 3 heteroatoms. The van der Waals surface area contributed by atoms with E-state index in [0.29, 0.717) is 0 Å². The number of aromatic nitrogens is 1. The molecule has 15 heavy (non-hydrogen) atoms. The summed E-state index contributed by atoms with van der Waals surface area (Å²) in [5.41, 5.74) is 1.23. The summed E-state index contributed by atoms with van der Waals surface area (Å²) in [6.45, 7) is 5.46. The Balaban J connectivity index is 1.91. The first-order valence-corrected chi connectivity index (χ1v) is 6.31. The molecular formula is C12H17BrN2. The van der Waals surface area contributed by atoms with E-state index in [2.05, 4.69) is 40.1 Å². The second-order valence-corrected chi connectivity index (χ2v) is 5.41. The molecule has 1 aromatic heterocycles. The predicted molar refractivity (Wildman–Crippen MR) is 67.1 cm³/mol. The molecule has 1 aliphatic rings. The van der Waals surface area contributed by atoms with E-state index in [1.165, 1.54) is 18.4 Å². The number of halogens is 1. The first-order chi connectivity index (χ1) is 7.16. The summed E-state index contributed by atoms with van der Waals surface area (Å²) >= 11 is 3.56. The average molecular weight is 269 g/mol. The quantitative estimate of drug-likeness (QED) is 0.906. The van der Waals surface area contributed by atoms with Gasteiger partial charge in [-0.2, -0.15) is 0 Å². The number of nitrogens with one attached hydrogen (secondary N) is 1. The molecule has 0 bridgehead atoms. The van der Waals surface area contributed by atoms with Crippen LogP contribution in [0.2, 0.25) is 0 Å². The maximum atomic E-state index is 4.33. The molecule has 0 aliphatic heterocycles. The molecule has 0 saturated heterocycles. The number of hydrogen-bond donors (Lipinski definition) is 1. The molecule has 2 nitrogen and oxygen atoms in total. The zero-order chi connectivity index (χ0) is 10.8. The van der Waals surface area contributed by atoms with Gasteiger partial charge in [-0.1, -0.05) is 6.92 Å². The summed E-state index contributed by atoms with van der Waals surface area (Å²) in [4.78, 5) is 4.33. The fourth-order valence-electron chi connectivity index (χ4n) is 2.14. The summed E-state index contributed by atoms with van der Waals surface area (Å²) in [7, 11) is 0. The number of nitrogens with zero attached hydrogens (tertiary/aromatic N) is 1. The van der Waals surface area contributed by atoms with Crippen molar-refractivity contribution in [1.29, 1.82) is 0 Å². The number of hydrogen-bond acceptors (Lipinski definition) is 2. The molecule has 2 rings (SSSR count). The molecule has 0 spiro atoms. The van der Waals surface area contributed by atoms with E-state index in [4.69, 9.17) is 0 Å². The lowest BCUT2D eigenvalue weighted by atomic mass is 9.76. The van der Waals surface area contributed by atoms with Gasteiger partial charge < -0.3 is 5.32 Å². The minimum atomic E-state index is 0.842. The van der Waals surface area contributed by atoms with Gasteiger partial charge in [0, 0.05) is 12.7 Å². The Hall–Kier alpha value is -0.570. The van der Waals surface area contributed by atoms with Gasteiger partial charge in [-0.25, -0.2) is 4.98 Å². The van der Waals surface area contributed by atoms with E-state index >= 15 is 0 Å². The number of aryl methyl sites for hydroxylation is 1. The van der Waals surface area contributed by atoms with Crippen LogP contribution >= 0.6 is 15.9 Å². The summed E-state index contributed by atoms with van der Waals surface area (Å²) in [6, 6.07) is 2.01. The van der Waals surface area contributed by atoms with Gasteiger partial charge in [-0.3, -0.25) is 0 Å². The van der Waals surface area contributed by atoms with E-state index in [0.717, 1.165) is 28.7 Å². The fourth-order valence-corrected chi connectivity index (χ4v) is 2.51. The highest BCUT2D eigenvalue weighted by molar-refractivity contribution is 9.10. The van der Waals surface area contributed by atoms with Crippen LogP contribution in [0.5, 0.6) is 0 Å². The lowest BCUT2D eigenvalue weighted by molar-refractivity contribution is 0.225. The Labute approximate surface area is 99.6 Å². The van der Waals surface area contributed by atoms with Crippen molar-refractivity contribution in [3.05, 3.63) is 22.3 Å². The normalized spacial score (nSPS) is 24.7. The molecule has 1 fully saturated rings. The van der Waals surface area contributed by atoms with Gasteiger partial charge >= 0.3 is 0 Å². The SMILES string of the molecule is Cc1ccnc(NCC2CC(C)C2)c1Br. The maximum absolute atomic E-state index is 4.33. The molecule has 82 valence electrons. The van der Waals surface area contributed by atoms with Crippen molar-refractivity contribution >= 4 is 21.7 Å². The van der Waals surface area contributed by atoms with E-state index in [1.807, 2.05) is 12.3 Å². The molecule has 0 aromatic carbocycles. The first kappa shape index (κ1) is 10.9. The third-order valence-electron chi connectivity index (χ3n) is 3.11. The van der Waals surface area contributed by atoms with Crippen molar-refractivity contribution in [2.75, 3.05) is 11.9 Å². The van der Waals surface area contributed by atoms with Crippen LogP contribution in [0.25, 0.3) is 0 Å². The molecule has 1 heterocycles. The van der Waals surface area contributed by atoms with Crippen molar-refractivity contribution in [1.82, 2.24) is 4.98 Å². The van der Waals surface area contributed by atoms with Crippen LogP contribution in [0.1, 0.15) is 25.3 Å². The van der Waals surface area contributed by atoms with Crippen LogP contribution < -0.4 is 5.32 Å². The first-order valence-electron chi connectivity index (χ1n) is 5.51. The van der Waals surface area contributed by atoms with Gasteiger partial charge in [0.2, 0.25) is 0 Å². The standard InChI is InChI=1S/C12H17BrN2/c1-8-5-10(6-8)7-15-12-11(13)9(2)3-4-14-12/h3-4,8,10H,5-7H2,1-2H3,(H,14,15). The number of rotatable bonds is 3. The van der Waals surface area contributed by atoms with Crippen LogP contribution in [-0.4, -0.2) is 11.5 Å². The minimum Gasteiger partial charge on any atom is -0.369 e. The Bertz CT molecular complexity index is 345.